The maximum atomic E-state index is 10.1. The summed E-state index contributed by atoms with van der Waals surface area (Å²) in [5.41, 5.74) is 6.84. The molecule has 0 aromatic heterocycles. The second-order valence-electron chi connectivity index (χ2n) is 8.31. The van der Waals surface area contributed by atoms with Crippen molar-refractivity contribution in [2.24, 2.45) is 0 Å². The number of rotatable bonds is 3. The number of hydrogen-bond acceptors (Lipinski definition) is 2. The SMILES string of the molecule is CC1(CC#C[Si](C)(C)C)c2ccccc2N(Cc2ccccc2)C1C#N. The lowest BCUT2D eigenvalue weighted by molar-refractivity contribution is 0.448. The number of nitriles is 1. The van der Waals surface area contributed by atoms with Crippen molar-refractivity contribution in [1.82, 2.24) is 0 Å². The number of hydrogen-bond donors (Lipinski definition) is 0. The summed E-state index contributed by atoms with van der Waals surface area (Å²) < 4.78 is 0. The van der Waals surface area contributed by atoms with E-state index in [4.69, 9.17) is 0 Å². The number of para-hydroxylation sites is 1. The van der Waals surface area contributed by atoms with E-state index < -0.39 is 8.07 Å². The summed E-state index contributed by atoms with van der Waals surface area (Å²) in [6.45, 7) is 9.72. The zero-order chi connectivity index (χ0) is 18.8. The molecule has 1 aliphatic rings. The fourth-order valence-corrected chi connectivity index (χ4v) is 4.31. The van der Waals surface area contributed by atoms with Gasteiger partial charge < -0.3 is 4.90 Å². The third-order valence-corrected chi connectivity index (χ3v) is 5.91. The van der Waals surface area contributed by atoms with E-state index in [1.807, 2.05) is 6.07 Å². The van der Waals surface area contributed by atoms with Crippen LogP contribution < -0.4 is 4.90 Å². The van der Waals surface area contributed by atoms with Crippen molar-refractivity contribution >= 4 is 13.8 Å². The highest BCUT2D eigenvalue weighted by molar-refractivity contribution is 6.83. The Balaban J connectivity index is 2.00. The van der Waals surface area contributed by atoms with Crippen LogP contribution in [0.1, 0.15) is 24.5 Å². The molecule has 2 atom stereocenters. The Kier molecular flexibility index (Phi) is 4.94. The molecule has 0 spiro atoms. The van der Waals surface area contributed by atoms with Crippen LogP contribution in [0.5, 0.6) is 0 Å². The van der Waals surface area contributed by atoms with Gasteiger partial charge in [-0.2, -0.15) is 5.26 Å². The quantitative estimate of drug-likeness (QED) is 0.562. The third-order valence-electron chi connectivity index (χ3n) is 4.98. The molecule has 26 heavy (non-hydrogen) atoms. The van der Waals surface area contributed by atoms with Crippen molar-refractivity contribution in [3.8, 4) is 17.5 Å². The van der Waals surface area contributed by atoms with Gasteiger partial charge in [0, 0.05) is 24.1 Å². The van der Waals surface area contributed by atoms with E-state index in [1.54, 1.807) is 0 Å². The highest BCUT2D eigenvalue weighted by atomic mass is 28.3. The fourth-order valence-electron chi connectivity index (χ4n) is 3.69. The van der Waals surface area contributed by atoms with Gasteiger partial charge in [0.1, 0.15) is 14.1 Å². The Labute approximate surface area is 158 Å². The van der Waals surface area contributed by atoms with E-state index in [2.05, 4.69) is 97.5 Å². The molecule has 3 rings (SSSR count). The van der Waals surface area contributed by atoms with E-state index in [0.29, 0.717) is 0 Å². The van der Waals surface area contributed by atoms with E-state index in [-0.39, 0.29) is 11.5 Å². The molecule has 3 heteroatoms. The van der Waals surface area contributed by atoms with Crippen molar-refractivity contribution in [2.45, 2.75) is 51.0 Å². The molecular weight excluding hydrogens is 332 g/mol. The first-order valence-electron chi connectivity index (χ1n) is 9.15. The minimum absolute atomic E-state index is 0.212. The minimum atomic E-state index is -1.42. The molecule has 0 saturated carbocycles. The van der Waals surface area contributed by atoms with Crippen molar-refractivity contribution in [2.75, 3.05) is 4.90 Å². The summed E-state index contributed by atoms with van der Waals surface area (Å²) >= 11 is 0. The zero-order valence-electron chi connectivity index (χ0n) is 16.1. The summed E-state index contributed by atoms with van der Waals surface area (Å²) in [6.07, 6.45) is 0.720. The lowest BCUT2D eigenvalue weighted by Crippen LogP contribution is -2.41. The average molecular weight is 359 g/mol. The van der Waals surface area contributed by atoms with Crippen LogP contribution in [0, 0.1) is 22.8 Å². The highest BCUT2D eigenvalue weighted by Crippen LogP contribution is 2.47. The summed E-state index contributed by atoms with van der Waals surface area (Å²) in [6, 6.07) is 21.2. The summed E-state index contributed by atoms with van der Waals surface area (Å²) in [7, 11) is -1.42. The molecule has 0 amide bonds. The van der Waals surface area contributed by atoms with Crippen molar-refractivity contribution in [3.05, 3.63) is 65.7 Å². The predicted octanol–water partition coefficient (Wildman–Crippen LogP) is 5.13. The molecule has 0 saturated heterocycles. The first-order chi connectivity index (χ1) is 12.3. The van der Waals surface area contributed by atoms with E-state index in [9.17, 15) is 5.26 Å². The maximum Gasteiger partial charge on any atom is 0.129 e. The largest absolute Gasteiger partial charge is 0.350 e. The van der Waals surface area contributed by atoms with Crippen molar-refractivity contribution < 1.29 is 0 Å². The van der Waals surface area contributed by atoms with Crippen LogP contribution in [0.15, 0.2) is 54.6 Å². The predicted molar refractivity (Wildman–Crippen MR) is 112 cm³/mol. The van der Waals surface area contributed by atoms with Crippen molar-refractivity contribution in [3.63, 3.8) is 0 Å². The van der Waals surface area contributed by atoms with Crippen LogP contribution in [0.3, 0.4) is 0 Å². The molecule has 1 aliphatic heterocycles. The van der Waals surface area contributed by atoms with Crippen LogP contribution in [-0.2, 0) is 12.0 Å². The van der Waals surface area contributed by atoms with Crippen LogP contribution in [-0.4, -0.2) is 14.1 Å². The van der Waals surface area contributed by atoms with Gasteiger partial charge in [0.05, 0.1) is 6.07 Å². The molecule has 0 N–H and O–H groups in total. The number of fused-ring (bicyclic) bond motifs is 1. The molecule has 0 bridgehead atoms. The first kappa shape index (κ1) is 18.3. The van der Waals surface area contributed by atoms with Gasteiger partial charge in [-0.15, -0.1) is 11.5 Å². The van der Waals surface area contributed by atoms with Crippen LogP contribution in [0.25, 0.3) is 0 Å². The standard InChI is InChI=1S/C23H26N2Si/c1-23(15-10-16-26(2,3)4)20-13-8-9-14-21(20)25(22(23)17-24)18-19-11-6-5-7-12-19/h5-9,11-14,22H,15,18H2,1-4H3. The molecule has 2 aromatic carbocycles. The number of benzene rings is 2. The average Bonchev–Trinajstić information content (AvgIpc) is 2.83. The molecule has 2 unspecified atom stereocenters. The van der Waals surface area contributed by atoms with Gasteiger partial charge in [0.15, 0.2) is 0 Å². The third kappa shape index (κ3) is 3.55. The monoisotopic (exact) mass is 358 g/mol. The Morgan fingerprint density at radius 2 is 1.69 bits per heavy atom. The molecular formula is C23H26N2Si. The molecule has 0 fully saturated rings. The number of anilines is 1. The lowest BCUT2D eigenvalue weighted by atomic mass is 9.76. The number of nitrogens with zero attached hydrogens (tertiary/aromatic N) is 2. The summed E-state index contributed by atoms with van der Waals surface area (Å²) in [4.78, 5) is 2.25. The minimum Gasteiger partial charge on any atom is -0.350 e. The molecule has 0 radical (unpaired) electrons. The van der Waals surface area contributed by atoms with Gasteiger partial charge in [-0.1, -0.05) is 75.1 Å². The smallest absolute Gasteiger partial charge is 0.129 e. The van der Waals surface area contributed by atoms with Crippen LogP contribution in [0.4, 0.5) is 5.69 Å². The second-order valence-corrected chi connectivity index (χ2v) is 13.1. The van der Waals surface area contributed by atoms with Gasteiger partial charge in [-0.05, 0) is 17.2 Å². The Hall–Kier alpha value is -2.49. The van der Waals surface area contributed by atoms with Gasteiger partial charge in [-0.3, -0.25) is 0 Å². The molecule has 1 heterocycles. The van der Waals surface area contributed by atoms with Gasteiger partial charge in [0.25, 0.3) is 0 Å². The highest BCUT2D eigenvalue weighted by Gasteiger charge is 2.47. The van der Waals surface area contributed by atoms with Gasteiger partial charge in [0.2, 0.25) is 0 Å². The van der Waals surface area contributed by atoms with Crippen LogP contribution in [0.2, 0.25) is 19.6 Å². The second kappa shape index (κ2) is 7.02. The topological polar surface area (TPSA) is 27.0 Å². The molecule has 2 aromatic rings. The Bertz CT molecular complexity index is 880. The summed E-state index contributed by atoms with van der Waals surface area (Å²) in [5.74, 6) is 3.43. The Morgan fingerprint density at radius 3 is 2.35 bits per heavy atom. The maximum absolute atomic E-state index is 10.1. The fraction of sp³-hybridized carbons (Fsp3) is 0.348. The van der Waals surface area contributed by atoms with E-state index in [1.165, 1.54) is 16.8 Å². The van der Waals surface area contributed by atoms with Crippen molar-refractivity contribution in [1.29, 1.82) is 5.26 Å². The normalized spacial score (nSPS) is 21.5. The summed E-state index contributed by atoms with van der Waals surface area (Å²) in [5, 5.41) is 10.1. The van der Waals surface area contributed by atoms with E-state index >= 15 is 0 Å². The van der Waals surface area contributed by atoms with Gasteiger partial charge in [-0.25, -0.2) is 0 Å². The lowest BCUT2D eigenvalue weighted by Gasteiger charge is -2.31. The van der Waals surface area contributed by atoms with Crippen LogP contribution >= 0.6 is 0 Å². The first-order valence-corrected chi connectivity index (χ1v) is 12.6. The van der Waals surface area contributed by atoms with Gasteiger partial charge >= 0.3 is 0 Å². The Morgan fingerprint density at radius 1 is 1.04 bits per heavy atom. The zero-order valence-corrected chi connectivity index (χ0v) is 17.1. The molecule has 132 valence electrons. The molecule has 2 nitrogen and oxygen atoms in total. The van der Waals surface area contributed by atoms with E-state index in [0.717, 1.165) is 13.0 Å². The molecule has 0 aliphatic carbocycles.